The van der Waals surface area contributed by atoms with Gasteiger partial charge in [-0.3, -0.25) is 19.6 Å². The van der Waals surface area contributed by atoms with Crippen LogP contribution in [0, 0.1) is 0 Å². The quantitative estimate of drug-likeness (QED) is 0.578. The maximum atomic E-state index is 13.5. The average molecular weight is 449 g/mol. The van der Waals surface area contributed by atoms with Gasteiger partial charge in [-0.15, -0.1) is 11.8 Å². The number of ether oxygens (including phenoxy) is 1. The number of anilines is 1. The molecule has 1 fully saturated rings. The van der Waals surface area contributed by atoms with E-state index in [1.165, 1.54) is 21.6 Å². The number of thioether (sulfide) groups is 1. The highest BCUT2D eigenvalue weighted by Gasteiger charge is 2.44. The molecular formula is C24H24N4O3S. The number of hydrogen-bond acceptors (Lipinski definition) is 6. The van der Waals surface area contributed by atoms with Crippen molar-refractivity contribution in [2.45, 2.75) is 18.0 Å². The standard InChI is InChI=1S/C24H24N4O3S/c25-17-27(20-9-5-2-6-10-20)22(29)21-16-32-23(19-11-13-26-14-12-19)28(21)24(30)31-15-18-7-3-1-4-8-18/h1-14,21,23H,15-17,25H2. The van der Waals surface area contributed by atoms with Crippen LogP contribution in [0.4, 0.5) is 10.5 Å². The fraction of sp³-hybridized carbons (Fsp3) is 0.208. The number of aromatic nitrogens is 1. The molecule has 4 rings (SSSR count). The van der Waals surface area contributed by atoms with Crippen LogP contribution in [0.2, 0.25) is 0 Å². The number of para-hydroxylation sites is 1. The molecule has 2 heterocycles. The minimum atomic E-state index is -0.704. The Bertz CT molecular complexity index is 1040. The largest absolute Gasteiger partial charge is 0.444 e. The van der Waals surface area contributed by atoms with Gasteiger partial charge in [0, 0.05) is 23.8 Å². The topological polar surface area (TPSA) is 88.8 Å². The second-order valence-corrected chi connectivity index (χ2v) is 8.33. The number of hydrogen-bond donors (Lipinski definition) is 1. The van der Waals surface area contributed by atoms with E-state index in [2.05, 4.69) is 4.98 Å². The summed E-state index contributed by atoms with van der Waals surface area (Å²) in [5.74, 6) is 0.203. The summed E-state index contributed by atoms with van der Waals surface area (Å²) in [6, 6.07) is 21.7. The van der Waals surface area contributed by atoms with Crippen LogP contribution in [0.5, 0.6) is 0 Å². The van der Waals surface area contributed by atoms with E-state index in [1.54, 1.807) is 12.4 Å². The fourth-order valence-electron chi connectivity index (χ4n) is 3.61. The number of carbonyl (C=O) groups excluding carboxylic acids is 2. The molecule has 0 bridgehead atoms. The van der Waals surface area contributed by atoms with Gasteiger partial charge in [0.25, 0.3) is 5.91 Å². The molecule has 7 nitrogen and oxygen atoms in total. The molecule has 2 atom stereocenters. The van der Waals surface area contributed by atoms with Crippen molar-refractivity contribution in [2.75, 3.05) is 17.3 Å². The molecule has 0 spiro atoms. The van der Waals surface area contributed by atoms with Crippen molar-refractivity contribution in [1.29, 1.82) is 0 Å². The third-order valence-corrected chi connectivity index (χ3v) is 6.53. The van der Waals surface area contributed by atoms with Gasteiger partial charge in [-0.1, -0.05) is 48.5 Å². The summed E-state index contributed by atoms with van der Waals surface area (Å²) in [7, 11) is 0. The Labute approximate surface area is 191 Å². The van der Waals surface area contributed by atoms with Crippen LogP contribution >= 0.6 is 11.8 Å². The van der Waals surface area contributed by atoms with Gasteiger partial charge in [-0.2, -0.15) is 0 Å². The first-order valence-electron chi connectivity index (χ1n) is 10.3. The molecule has 164 valence electrons. The summed E-state index contributed by atoms with van der Waals surface area (Å²) in [4.78, 5) is 33.8. The second kappa shape index (κ2) is 10.3. The lowest BCUT2D eigenvalue weighted by Gasteiger charge is -2.31. The zero-order chi connectivity index (χ0) is 22.3. The molecule has 32 heavy (non-hydrogen) atoms. The third-order valence-electron chi connectivity index (χ3n) is 5.21. The highest BCUT2D eigenvalue weighted by atomic mass is 32.2. The Balaban J connectivity index is 1.59. The van der Waals surface area contributed by atoms with Crippen LogP contribution in [0.15, 0.2) is 85.2 Å². The first-order valence-corrected chi connectivity index (χ1v) is 11.3. The lowest BCUT2D eigenvalue weighted by atomic mass is 10.2. The molecule has 1 saturated heterocycles. The zero-order valence-electron chi connectivity index (χ0n) is 17.4. The first kappa shape index (κ1) is 21.9. The number of benzene rings is 2. The molecule has 2 unspecified atom stereocenters. The van der Waals surface area contributed by atoms with E-state index in [-0.39, 0.29) is 24.6 Å². The number of nitrogens with zero attached hydrogens (tertiary/aromatic N) is 3. The lowest BCUT2D eigenvalue weighted by molar-refractivity contribution is -0.122. The molecule has 1 aliphatic rings. The van der Waals surface area contributed by atoms with Gasteiger partial charge < -0.3 is 10.5 Å². The van der Waals surface area contributed by atoms with Gasteiger partial charge in [-0.25, -0.2) is 4.79 Å². The van der Waals surface area contributed by atoms with E-state index in [4.69, 9.17) is 10.5 Å². The summed E-state index contributed by atoms with van der Waals surface area (Å²) in [5, 5.41) is -0.356. The Kier molecular flexibility index (Phi) is 7.03. The lowest BCUT2D eigenvalue weighted by Crippen LogP contribution is -2.51. The van der Waals surface area contributed by atoms with Crippen LogP contribution in [0.3, 0.4) is 0 Å². The van der Waals surface area contributed by atoms with Gasteiger partial charge in [0.15, 0.2) is 0 Å². The SMILES string of the molecule is NCN(C(=O)C1CSC(c2ccncc2)N1C(=O)OCc1ccccc1)c1ccccc1. The van der Waals surface area contributed by atoms with Crippen molar-refractivity contribution in [3.63, 3.8) is 0 Å². The first-order chi connectivity index (χ1) is 15.7. The van der Waals surface area contributed by atoms with Gasteiger partial charge in [0.1, 0.15) is 18.0 Å². The molecule has 1 aromatic heterocycles. The summed E-state index contributed by atoms with van der Waals surface area (Å²) in [6.07, 6.45) is 2.81. The molecule has 0 radical (unpaired) electrons. The predicted octanol–water partition coefficient (Wildman–Crippen LogP) is 3.78. The van der Waals surface area contributed by atoms with Crippen LogP contribution in [0.25, 0.3) is 0 Å². The van der Waals surface area contributed by atoms with Crippen LogP contribution in [-0.2, 0) is 16.1 Å². The van der Waals surface area contributed by atoms with Crippen molar-refractivity contribution < 1.29 is 14.3 Å². The predicted molar refractivity (Wildman–Crippen MR) is 125 cm³/mol. The van der Waals surface area contributed by atoms with Crippen molar-refractivity contribution in [1.82, 2.24) is 9.88 Å². The Morgan fingerprint density at radius 3 is 2.34 bits per heavy atom. The number of nitrogens with two attached hydrogens (primary N) is 1. The number of rotatable bonds is 6. The second-order valence-electron chi connectivity index (χ2n) is 7.21. The Hall–Kier alpha value is -3.36. The molecule has 3 aromatic rings. The molecule has 2 amide bonds. The molecule has 2 aromatic carbocycles. The van der Waals surface area contributed by atoms with E-state index in [9.17, 15) is 9.59 Å². The van der Waals surface area contributed by atoms with E-state index >= 15 is 0 Å². The monoisotopic (exact) mass is 448 g/mol. The summed E-state index contributed by atoms with van der Waals surface area (Å²) >= 11 is 1.52. The highest BCUT2D eigenvalue weighted by molar-refractivity contribution is 7.99. The maximum Gasteiger partial charge on any atom is 0.412 e. The minimum absolute atomic E-state index is 0.0108. The van der Waals surface area contributed by atoms with Crippen LogP contribution < -0.4 is 10.6 Å². The van der Waals surface area contributed by atoms with Crippen molar-refractivity contribution in [3.8, 4) is 0 Å². The fourth-order valence-corrected chi connectivity index (χ4v) is 5.02. The van der Waals surface area contributed by atoms with Crippen molar-refractivity contribution >= 4 is 29.4 Å². The maximum absolute atomic E-state index is 13.5. The third kappa shape index (κ3) is 4.76. The number of amides is 2. The van der Waals surface area contributed by atoms with Crippen LogP contribution in [0.1, 0.15) is 16.5 Å². The summed E-state index contributed by atoms with van der Waals surface area (Å²) < 4.78 is 5.62. The van der Waals surface area contributed by atoms with Gasteiger partial charge in [0.05, 0.1) is 6.67 Å². The normalized spacial score (nSPS) is 17.7. The molecular weight excluding hydrogens is 424 g/mol. The zero-order valence-corrected chi connectivity index (χ0v) is 18.2. The highest BCUT2D eigenvalue weighted by Crippen LogP contribution is 2.42. The molecule has 1 aliphatic heterocycles. The van der Waals surface area contributed by atoms with Gasteiger partial charge in [0.2, 0.25) is 0 Å². The van der Waals surface area contributed by atoms with E-state index < -0.39 is 12.1 Å². The Morgan fingerprint density at radius 1 is 1.03 bits per heavy atom. The summed E-state index contributed by atoms with van der Waals surface area (Å²) in [5.41, 5.74) is 8.38. The van der Waals surface area contributed by atoms with Gasteiger partial charge >= 0.3 is 6.09 Å². The average Bonchev–Trinajstić information content (AvgIpc) is 3.30. The molecule has 8 heteroatoms. The summed E-state index contributed by atoms with van der Waals surface area (Å²) in [6.45, 7) is 0.140. The van der Waals surface area contributed by atoms with E-state index in [0.29, 0.717) is 11.4 Å². The smallest absolute Gasteiger partial charge is 0.412 e. The number of pyridine rings is 1. The van der Waals surface area contributed by atoms with Gasteiger partial charge in [-0.05, 0) is 35.4 Å². The van der Waals surface area contributed by atoms with Crippen LogP contribution in [-0.4, -0.2) is 40.3 Å². The molecule has 0 aliphatic carbocycles. The minimum Gasteiger partial charge on any atom is -0.444 e. The van der Waals surface area contributed by atoms with Crippen molar-refractivity contribution in [3.05, 3.63) is 96.3 Å². The van der Waals surface area contributed by atoms with E-state index in [1.807, 2.05) is 72.8 Å². The number of carbonyl (C=O) groups is 2. The molecule has 0 saturated carbocycles. The Morgan fingerprint density at radius 2 is 1.69 bits per heavy atom. The molecule has 2 N–H and O–H groups in total. The van der Waals surface area contributed by atoms with E-state index in [0.717, 1.165) is 11.1 Å². The van der Waals surface area contributed by atoms with Crippen molar-refractivity contribution in [2.24, 2.45) is 5.73 Å².